The first kappa shape index (κ1) is 18.6. The fourth-order valence-corrected chi connectivity index (χ4v) is 2.94. The molecule has 0 aliphatic carbocycles. The van der Waals surface area contributed by atoms with Crippen molar-refractivity contribution in [1.29, 1.82) is 0 Å². The average Bonchev–Trinajstić information content (AvgIpc) is 3.39. The minimum absolute atomic E-state index is 0.207. The highest BCUT2D eigenvalue weighted by Gasteiger charge is 2.16. The van der Waals surface area contributed by atoms with E-state index in [0.29, 0.717) is 40.1 Å². The van der Waals surface area contributed by atoms with Gasteiger partial charge in [0.05, 0.1) is 19.2 Å². The molecule has 4 rings (SSSR count). The minimum atomic E-state index is -0.207. The van der Waals surface area contributed by atoms with Gasteiger partial charge in [0.15, 0.2) is 17.3 Å². The number of ether oxygens (including phenoxy) is 1. The maximum Gasteiger partial charge on any atom is 0.261 e. The van der Waals surface area contributed by atoms with Crippen LogP contribution < -0.4 is 10.1 Å². The number of carbonyl (C=O) groups excluding carboxylic acids is 1. The summed E-state index contributed by atoms with van der Waals surface area (Å²) < 4.78 is 12.3. The number of rotatable bonds is 7. The Balaban J connectivity index is 1.53. The van der Waals surface area contributed by atoms with E-state index in [4.69, 9.17) is 9.26 Å². The molecule has 3 heterocycles. The Morgan fingerprint density at radius 1 is 1.21 bits per heavy atom. The van der Waals surface area contributed by atoms with Crippen LogP contribution in [0.4, 0.5) is 0 Å². The summed E-state index contributed by atoms with van der Waals surface area (Å²) >= 11 is 0. The molecule has 1 N–H and O–H groups in total. The second-order valence-electron chi connectivity index (χ2n) is 6.41. The Hall–Kier alpha value is -3.75. The minimum Gasteiger partial charge on any atom is -0.497 e. The summed E-state index contributed by atoms with van der Waals surface area (Å²) in [7, 11) is 1.58. The average molecular weight is 392 g/mol. The summed E-state index contributed by atoms with van der Waals surface area (Å²) in [4.78, 5) is 16.8. The SMILES string of the molecule is CCCc1noc(-c2cccn3c(CNC(=O)c4ccc(OC)cc4)nnc23)n1. The molecule has 9 nitrogen and oxygen atoms in total. The lowest BCUT2D eigenvalue weighted by Crippen LogP contribution is -2.23. The first-order chi connectivity index (χ1) is 14.2. The van der Waals surface area contributed by atoms with E-state index in [1.807, 2.05) is 18.3 Å². The number of fused-ring (bicyclic) bond motifs is 1. The summed E-state index contributed by atoms with van der Waals surface area (Å²) in [5.41, 5.74) is 1.82. The lowest BCUT2D eigenvalue weighted by Gasteiger charge is -2.06. The fraction of sp³-hybridized carbons (Fsp3) is 0.250. The van der Waals surface area contributed by atoms with Crippen LogP contribution in [0.3, 0.4) is 0 Å². The largest absolute Gasteiger partial charge is 0.497 e. The van der Waals surface area contributed by atoms with Gasteiger partial charge in [0.25, 0.3) is 11.8 Å². The van der Waals surface area contributed by atoms with Gasteiger partial charge in [-0.1, -0.05) is 12.1 Å². The maximum absolute atomic E-state index is 12.4. The molecule has 0 bridgehead atoms. The molecule has 29 heavy (non-hydrogen) atoms. The van der Waals surface area contributed by atoms with Crippen LogP contribution >= 0.6 is 0 Å². The van der Waals surface area contributed by atoms with Crippen molar-refractivity contribution in [2.24, 2.45) is 0 Å². The molecule has 0 unspecified atom stereocenters. The summed E-state index contributed by atoms with van der Waals surface area (Å²) in [6.07, 6.45) is 3.52. The lowest BCUT2D eigenvalue weighted by atomic mass is 10.2. The number of carbonyl (C=O) groups is 1. The molecule has 0 fully saturated rings. The third-order valence-corrected chi connectivity index (χ3v) is 4.44. The van der Waals surface area contributed by atoms with Gasteiger partial charge in [0.2, 0.25) is 0 Å². The van der Waals surface area contributed by atoms with Crippen LogP contribution in [-0.4, -0.2) is 37.8 Å². The van der Waals surface area contributed by atoms with E-state index < -0.39 is 0 Å². The molecule has 0 aliphatic rings. The third kappa shape index (κ3) is 3.79. The van der Waals surface area contributed by atoms with Crippen molar-refractivity contribution in [2.75, 3.05) is 7.11 Å². The number of benzene rings is 1. The second-order valence-corrected chi connectivity index (χ2v) is 6.41. The van der Waals surface area contributed by atoms with Gasteiger partial charge in [-0.2, -0.15) is 4.98 Å². The van der Waals surface area contributed by atoms with E-state index in [9.17, 15) is 4.79 Å². The van der Waals surface area contributed by atoms with Crippen LogP contribution in [0.5, 0.6) is 5.75 Å². The Labute approximate surface area is 166 Å². The molecule has 3 aromatic heterocycles. The lowest BCUT2D eigenvalue weighted by molar-refractivity contribution is 0.0949. The van der Waals surface area contributed by atoms with Crippen LogP contribution in [-0.2, 0) is 13.0 Å². The highest BCUT2D eigenvalue weighted by molar-refractivity contribution is 5.94. The summed E-state index contributed by atoms with van der Waals surface area (Å²) in [5, 5.41) is 15.3. The Bertz CT molecular complexity index is 1130. The molecular weight excluding hydrogens is 372 g/mol. The van der Waals surface area contributed by atoms with Gasteiger partial charge >= 0.3 is 0 Å². The maximum atomic E-state index is 12.4. The number of pyridine rings is 1. The van der Waals surface area contributed by atoms with E-state index in [1.165, 1.54) is 0 Å². The fourth-order valence-electron chi connectivity index (χ4n) is 2.94. The van der Waals surface area contributed by atoms with E-state index in [-0.39, 0.29) is 12.5 Å². The highest BCUT2D eigenvalue weighted by Crippen LogP contribution is 2.22. The molecule has 148 valence electrons. The van der Waals surface area contributed by atoms with Crippen molar-refractivity contribution in [3.8, 4) is 17.2 Å². The number of amides is 1. The van der Waals surface area contributed by atoms with Crippen molar-refractivity contribution in [2.45, 2.75) is 26.3 Å². The van der Waals surface area contributed by atoms with Gasteiger partial charge in [-0.05, 0) is 42.8 Å². The van der Waals surface area contributed by atoms with E-state index in [0.717, 1.165) is 12.8 Å². The second kappa shape index (κ2) is 8.09. The van der Waals surface area contributed by atoms with Crippen LogP contribution in [0.2, 0.25) is 0 Å². The number of methoxy groups -OCH3 is 1. The molecule has 1 aromatic carbocycles. The zero-order chi connectivity index (χ0) is 20.2. The van der Waals surface area contributed by atoms with Crippen LogP contribution in [0, 0.1) is 0 Å². The summed E-state index contributed by atoms with van der Waals surface area (Å²) in [6, 6.07) is 10.6. The number of aromatic nitrogens is 5. The summed E-state index contributed by atoms with van der Waals surface area (Å²) in [6.45, 7) is 2.28. The van der Waals surface area contributed by atoms with Crippen molar-refractivity contribution in [3.63, 3.8) is 0 Å². The first-order valence-electron chi connectivity index (χ1n) is 9.27. The zero-order valence-corrected chi connectivity index (χ0v) is 16.1. The number of nitrogens with one attached hydrogen (secondary N) is 1. The van der Waals surface area contributed by atoms with Crippen LogP contribution in [0.15, 0.2) is 47.1 Å². The number of aryl methyl sites for hydroxylation is 1. The van der Waals surface area contributed by atoms with Gasteiger partial charge < -0.3 is 14.6 Å². The molecule has 9 heteroatoms. The predicted octanol–water partition coefficient (Wildman–Crippen LogP) is 2.67. The number of nitrogens with zero attached hydrogens (tertiary/aromatic N) is 5. The normalized spacial score (nSPS) is 11.0. The molecule has 0 radical (unpaired) electrons. The topological polar surface area (TPSA) is 107 Å². The Morgan fingerprint density at radius 3 is 2.79 bits per heavy atom. The molecule has 0 aliphatic heterocycles. The van der Waals surface area contributed by atoms with Gasteiger partial charge in [-0.15, -0.1) is 10.2 Å². The highest BCUT2D eigenvalue weighted by atomic mass is 16.5. The first-order valence-corrected chi connectivity index (χ1v) is 9.27. The molecule has 0 spiro atoms. The van der Waals surface area contributed by atoms with E-state index in [2.05, 4.69) is 32.6 Å². The monoisotopic (exact) mass is 392 g/mol. The zero-order valence-electron chi connectivity index (χ0n) is 16.1. The smallest absolute Gasteiger partial charge is 0.261 e. The Morgan fingerprint density at radius 2 is 2.03 bits per heavy atom. The Kier molecular flexibility index (Phi) is 5.19. The van der Waals surface area contributed by atoms with Crippen molar-refractivity contribution in [3.05, 3.63) is 59.8 Å². The van der Waals surface area contributed by atoms with Gasteiger partial charge in [-0.3, -0.25) is 9.20 Å². The molecule has 1 amide bonds. The molecular formula is C20H20N6O3. The van der Waals surface area contributed by atoms with Gasteiger partial charge in [-0.25, -0.2) is 0 Å². The van der Waals surface area contributed by atoms with Crippen molar-refractivity contribution >= 4 is 11.6 Å². The number of hydrogen-bond acceptors (Lipinski definition) is 7. The molecule has 0 atom stereocenters. The molecule has 4 aromatic rings. The molecule has 0 saturated heterocycles. The van der Waals surface area contributed by atoms with Crippen LogP contribution in [0.25, 0.3) is 17.1 Å². The van der Waals surface area contributed by atoms with Crippen LogP contribution in [0.1, 0.15) is 35.4 Å². The third-order valence-electron chi connectivity index (χ3n) is 4.44. The summed E-state index contributed by atoms with van der Waals surface area (Å²) in [5.74, 6) is 2.15. The van der Waals surface area contributed by atoms with E-state index >= 15 is 0 Å². The quantitative estimate of drug-likeness (QED) is 0.515. The predicted molar refractivity (Wildman–Crippen MR) is 104 cm³/mol. The van der Waals surface area contributed by atoms with Gasteiger partial charge in [0, 0.05) is 18.2 Å². The van der Waals surface area contributed by atoms with Crippen molar-refractivity contribution < 1.29 is 14.1 Å². The van der Waals surface area contributed by atoms with Crippen molar-refractivity contribution in [1.82, 2.24) is 30.1 Å². The van der Waals surface area contributed by atoms with Gasteiger partial charge in [0.1, 0.15) is 5.75 Å². The standard InChI is InChI=1S/C20H20N6O3/c1-3-5-16-22-20(29-25-16)15-6-4-11-26-17(23-24-18(15)26)12-21-19(27)13-7-9-14(28-2)10-8-13/h4,6-11H,3,5,12H2,1-2H3,(H,21,27). The number of hydrogen-bond donors (Lipinski definition) is 1. The molecule has 0 saturated carbocycles. The van der Waals surface area contributed by atoms with E-state index in [1.54, 1.807) is 35.8 Å².